The highest BCUT2D eigenvalue weighted by Crippen LogP contribution is 2.35. The average Bonchev–Trinajstić information content (AvgIpc) is 3.79. The first kappa shape index (κ1) is 60.7. The van der Waals surface area contributed by atoms with Crippen LogP contribution >= 0.6 is 0 Å². The molecule has 0 spiro atoms. The Hall–Kier alpha value is -6.28. The Balaban J connectivity index is 0.000000947. The maximum atomic E-state index is 11.7. The molecular weight excluding hydrogens is 1030 g/mol. The molecule has 41 heteroatoms. The number of carboxylic acids is 6. The van der Waals surface area contributed by atoms with E-state index in [1.165, 1.54) is 0 Å². The van der Waals surface area contributed by atoms with Crippen LogP contribution in [-0.2, 0) is 107 Å². The van der Waals surface area contributed by atoms with E-state index in [0.29, 0.717) is 0 Å². The largest absolute Gasteiger partial charge is 0.481 e. The van der Waals surface area contributed by atoms with Gasteiger partial charge >= 0.3 is 82.6 Å². The number of aliphatic hydroxyl groups excluding tert-OH is 2. The van der Waals surface area contributed by atoms with E-state index in [0.717, 1.165) is 0 Å². The van der Waals surface area contributed by atoms with Crippen LogP contribution in [0.25, 0.3) is 0 Å². The topological polar surface area (TPSA) is 612 Å². The summed E-state index contributed by atoms with van der Waals surface area (Å²) >= 11 is 0. The number of carbonyl (C=O) groups excluding carboxylic acids is 6. The van der Waals surface area contributed by atoms with Crippen molar-refractivity contribution in [2.75, 3.05) is 13.2 Å². The van der Waals surface area contributed by atoms with Gasteiger partial charge < -0.3 is 40.9 Å². The minimum Gasteiger partial charge on any atom is -0.481 e. The molecule has 4 unspecified atom stereocenters. The summed E-state index contributed by atoms with van der Waals surface area (Å²) in [6.45, 7) is -0.250. The third kappa shape index (κ3) is 14.1. The third-order valence-electron chi connectivity index (χ3n) is 7.95. The molecule has 4 atom stereocenters. The monoisotopic (exact) mass is 1060 g/mol. The van der Waals surface area contributed by atoms with Gasteiger partial charge in [0.25, 0.3) is 9.74 Å². The summed E-state index contributed by atoms with van der Waals surface area (Å²) in [6, 6.07) is 0. The van der Waals surface area contributed by atoms with Gasteiger partial charge in [-0.3, -0.25) is 56.6 Å². The first-order chi connectivity index (χ1) is 30.1. The Kier molecular flexibility index (Phi) is 20.4. The fraction of sp³-hybridized carbons (Fsp3) is 0.538. The molecule has 3 aliphatic rings. The lowest BCUT2D eigenvalue weighted by molar-refractivity contribution is -0.204. The van der Waals surface area contributed by atoms with E-state index >= 15 is 0 Å². The Bertz CT molecular complexity index is 2380. The molecule has 3 aliphatic heterocycles. The van der Waals surface area contributed by atoms with Gasteiger partial charge in [0.05, 0.1) is 26.1 Å². The van der Waals surface area contributed by atoms with Crippen molar-refractivity contribution in [2.45, 2.75) is 72.9 Å². The Labute approximate surface area is 371 Å². The van der Waals surface area contributed by atoms with Gasteiger partial charge in [0, 0.05) is 38.5 Å². The highest BCUT2D eigenvalue weighted by molar-refractivity contribution is 7.88. The highest BCUT2D eigenvalue weighted by Gasteiger charge is 2.67. The highest BCUT2D eigenvalue weighted by atomic mass is 32.3. The second-order valence-corrected chi connectivity index (χ2v) is 17.7. The maximum Gasteiger partial charge on any atom is 0.400 e. The summed E-state index contributed by atoms with van der Waals surface area (Å²) in [5.41, 5.74) is -4.19. The lowest BCUT2D eigenvalue weighted by Crippen LogP contribution is -2.68. The minimum atomic E-state index is -5.89. The van der Waals surface area contributed by atoms with E-state index in [4.69, 9.17) is 54.0 Å². The molecule has 0 aromatic rings. The van der Waals surface area contributed by atoms with Crippen LogP contribution in [0, 0.1) is 0 Å². The lowest BCUT2D eigenvalue weighted by atomic mass is 10.1. The molecule has 380 valence electrons. The van der Waals surface area contributed by atoms with Gasteiger partial charge in [0.1, 0.15) is 0 Å². The average molecular weight is 1060 g/mol. The van der Waals surface area contributed by atoms with Gasteiger partial charge in [-0.1, -0.05) is 0 Å². The fourth-order valence-electron chi connectivity index (χ4n) is 5.45. The molecule has 6 amide bonds. The zero-order chi connectivity index (χ0) is 53.2. The lowest BCUT2D eigenvalue weighted by Gasteiger charge is -2.37. The smallest absolute Gasteiger partial charge is 0.400 e. The van der Waals surface area contributed by atoms with Crippen LogP contribution in [0.4, 0.5) is 0 Å². The second kappa shape index (κ2) is 22.5. The number of likely N-dealkylation sites (tertiary alicyclic amines) is 3. The normalized spacial score (nSPS) is 18.7. The zero-order valence-electron chi connectivity index (χ0n) is 32.5. The molecule has 3 rings (SSSR count). The number of hydrogen-bond acceptors (Lipinski definition) is 24. The second-order valence-electron chi connectivity index (χ2n) is 12.3. The van der Waals surface area contributed by atoms with E-state index in [-0.39, 0.29) is 23.0 Å². The SMILES string of the molecule is O=C(O)C(OS(=O)(=O)O)C(OS(=O)(=O)O)(C(=O)O)N1C(=O)CCC1=O.O=C(O)CC(C(=O)O)(N1C(=O)CCC1=O)S(=O)(=O)O.O=C(O)CC(C(=O)O)(N1C(=O)CCC1=O)S(=O)(=O)O.OCCO. The first-order valence-corrected chi connectivity index (χ1v) is 22.2. The quantitative estimate of drug-likeness (QED) is 0.0422. The number of hydrogen-bond donors (Lipinski definition) is 12. The van der Waals surface area contributed by atoms with Gasteiger partial charge in [0.15, 0.2) is 0 Å². The molecule has 3 saturated heterocycles. The van der Waals surface area contributed by atoms with E-state index < -0.39 is 190 Å². The van der Waals surface area contributed by atoms with Crippen LogP contribution in [0.5, 0.6) is 0 Å². The molecule has 12 N–H and O–H groups in total. The number of aliphatic hydroxyl groups is 2. The molecule has 0 aromatic carbocycles. The molecule has 3 fully saturated rings. The molecular formula is C26H33N3O34S4. The van der Waals surface area contributed by atoms with E-state index in [2.05, 4.69) is 8.37 Å². The number of rotatable bonds is 19. The number of aliphatic carboxylic acids is 6. The van der Waals surface area contributed by atoms with Crippen molar-refractivity contribution < 1.29 is 159 Å². The van der Waals surface area contributed by atoms with Crippen molar-refractivity contribution in [1.82, 2.24) is 14.7 Å². The third-order valence-corrected chi connectivity index (χ3v) is 11.6. The summed E-state index contributed by atoms with van der Waals surface area (Å²) in [6.07, 6.45) is -10.0. The first-order valence-electron chi connectivity index (χ1n) is 16.5. The van der Waals surface area contributed by atoms with Gasteiger partial charge in [-0.05, 0) is 0 Å². The summed E-state index contributed by atoms with van der Waals surface area (Å²) in [4.78, 5) is 128. The van der Waals surface area contributed by atoms with Gasteiger partial charge in [-0.2, -0.15) is 33.7 Å². The molecule has 0 bridgehead atoms. The number of amides is 6. The van der Waals surface area contributed by atoms with Gasteiger partial charge in [0.2, 0.25) is 41.5 Å². The predicted octanol–water partition coefficient (Wildman–Crippen LogP) is -7.46. The van der Waals surface area contributed by atoms with Crippen molar-refractivity contribution in [1.29, 1.82) is 0 Å². The van der Waals surface area contributed by atoms with E-state index in [1.54, 1.807) is 0 Å². The zero-order valence-corrected chi connectivity index (χ0v) is 35.7. The summed E-state index contributed by atoms with van der Waals surface area (Å²) in [5, 5.41) is 68.6. The molecule has 67 heavy (non-hydrogen) atoms. The van der Waals surface area contributed by atoms with Crippen LogP contribution in [0.15, 0.2) is 0 Å². The fourth-order valence-corrected chi connectivity index (χ4v) is 8.38. The summed E-state index contributed by atoms with van der Waals surface area (Å²) in [5.74, 6) is -21.4. The van der Waals surface area contributed by atoms with Crippen molar-refractivity contribution in [3.63, 3.8) is 0 Å². The number of carboxylic acid groups (broad SMARTS) is 6. The number of nitrogens with zero attached hydrogens (tertiary/aromatic N) is 3. The van der Waals surface area contributed by atoms with Crippen molar-refractivity contribution in [3.05, 3.63) is 0 Å². The van der Waals surface area contributed by atoms with Crippen LogP contribution < -0.4 is 0 Å². The molecule has 0 aliphatic carbocycles. The van der Waals surface area contributed by atoms with Crippen LogP contribution in [0.2, 0.25) is 0 Å². The minimum absolute atomic E-state index is 0.125. The van der Waals surface area contributed by atoms with Gasteiger partial charge in [-0.25, -0.2) is 42.2 Å². The molecule has 0 aromatic heterocycles. The molecule has 37 nitrogen and oxygen atoms in total. The van der Waals surface area contributed by atoms with Crippen molar-refractivity contribution in [2.24, 2.45) is 0 Å². The van der Waals surface area contributed by atoms with Crippen molar-refractivity contribution >= 4 is 112 Å². The van der Waals surface area contributed by atoms with E-state index in [9.17, 15) is 96.3 Å². The predicted molar refractivity (Wildman–Crippen MR) is 193 cm³/mol. The Morgan fingerprint density at radius 2 is 0.746 bits per heavy atom. The van der Waals surface area contributed by atoms with Crippen LogP contribution in [0.3, 0.4) is 0 Å². The van der Waals surface area contributed by atoms with Gasteiger partial charge in [-0.15, -0.1) is 0 Å². The molecule has 3 heterocycles. The summed E-state index contributed by atoms with van der Waals surface area (Å²) in [7, 11) is -22.8. The summed E-state index contributed by atoms with van der Waals surface area (Å²) < 4.78 is 131. The standard InChI is InChI=1S/C8H9NO14S2.2C8H9NO9S.C2H6O2/c10-3-1-2-4(11)9(3)8(7(14)15,23-25(19,20)21)5(6(12)13)22-24(16,17)18;2*10-4-1-2-5(11)9(4)8(7(14)15,3-6(12)13)19(16,17)18;3-1-2-4/h5H,1-2H2,(H,12,13)(H,14,15)(H,16,17,18)(H,19,20,21);2*1-3H2,(H,12,13)(H,14,15)(H,16,17,18);3-4H,1-2H2. The molecule has 0 radical (unpaired) electrons. The maximum absolute atomic E-state index is 11.7. The Morgan fingerprint density at radius 1 is 0.478 bits per heavy atom. The van der Waals surface area contributed by atoms with E-state index in [1.807, 2.05) is 0 Å². The number of carbonyl (C=O) groups is 12. The Morgan fingerprint density at radius 3 is 0.910 bits per heavy atom. The van der Waals surface area contributed by atoms with Crippen LogP contribution in [0.1, 0.15) is 51.4 Å². The molecule has 0 saturated carbocycles. The van der Waals surface area contributed by atoms with Crippen molar-refractivity contribution in [3.8, 4) is 0 Å². The number of imide groups is 3. The van der Waals surface area contributed by atoms with Crippen LogP contribution in [-0.4, -0.2) is 213 Å².